The number of aromatic nitrogens is 4. The summed E-state index contributed by atoms with van der Waals surface area (Å²) in [5.74, 6) is 0.437. The first kappa shape index (κ1) is 12.9. The molecule has 1 saturated heterocycles. The average molecular weight is 293 g/mol. The summed E-state index contributed by atoms with van der Waals surface area (Å²) in [6.07, 6.45) is 3.51. The zero-order valence-electron chi connectivity index (χ0n) is 12.0. The highest BCUT2D eigenvalue weighted by molar-refractivity contribution is 5.95. The quantitative estimate of drug-likeness (QED) is 0.736. The Hall–Kier alpha value is -2.76. The first-order valence-electron chi connectivity index (χ1n) is 7.29. The van der Waals surface area contributed by atoms with E-state index in [4.69, 9.17) is 0 Å². The Morgan fingerprint density at radius 2 is 2.05 bits per heavy atom. The molecule has 0 spiro atoms. The number of amides is 1. The monoisotopic (exact) mass is 293 g/mol. The number of benzene rings is 1. The van der Waals surface area contributed by atoms with Crippen LogP contribution >= 0.6 is 0 Å². The van der Waals surface area contributed by atoms with Gasteiger partial charge in [0.2, 0.25) is 0 Å². The molecule has 1 aliphatic heterocycles. The normalized spacial score (nSPS) is 15.0. The Kier molecular flexibility index (Phi) is 3.07. The van der Waals surface area contributed by atoms with E-state index in [0.29, 0.717) is 11.6 Å². The maximum absolute atomic E-state index is 12.4. The third kappa shape index (κ3) is 2.32. The van der Waals surface area contributed by atoms with E-state index in [1.807, 2.05) is 41.4 Å². The molecule has 1 amide bonds. The van der Waals surface area contributed by atoms with Crippen molar-refractivity contribution in [3.8, 4) is 0 Å². The van der Waals surface area contributed by atoms with Crippen molar-refractivity contribution in [2.45, 2.75) is 6.54 Å². The van der Waals surface area contributed by atoms with Crippen molar-refractivity contribution < 1.29 is 4.79 Å². The lowest BCUT2D eigenvalue weighted by atomic mass is 9.99. The highest BCUT2D eigenvalue weighted by atomic mass is 16.2. The molecule has 0 N–H and O–H groups in total. The largest absolute Gasteiger partial charge is 0.336 e. The summed E-state index contributed by atoms with van der Waals surface area (Å²) in [4.78, 5) is 18.7. The van der Waals surface area contributed by atoms with Crippen LogP contribution in [0.15, 0.2) is 48.8 Å². The lowest BCUT2D eigenvalue weighted by Crippen LogP contribution is -2.51. The van der Waals surface area contributed by atoms with Gasteiger partial charge in [0.05, 0.1) is 11.7 Å². The van der Waals surface area contributed by atoms with E-state index in [1.54, 1.807) is 16.9 Å². The van der Waals surface area contributed by atoms with Crippen LogP contribution in [-0.4, -0.2) is 43.9 Å². The van der Waals surface area contributed by atoms with Gasteiger partial charge in [-0.25, -0.2) is 4.98 Å². The van der Waals surface area contributed by atoms with Gasteiger partial charge in [0.1, 0.15) is 5.69 Å². The fourth-order valence-corrected chi connectivity index (χ4v) is 2.79. The number of likely N-dealkylation sites (tertiary alicyclic amines) is 1. The van der Waals surface area contributed by atoms with Crippen LogP contribution in [0.5, 0.6) is 0 Å². The molecule has 3 aromatic rings. The molecule has 6 nitrogen and oxygen atoms in total. The van der Waals surface area contributed by atoms with Gasteiger partial charge in [0, 0.05) is 37.1 Å². The van der Waals surface area contributed by atoms with E-state index in [2.05, 4.69) is 15.3 Å². The van der Waals surface area contributed by atoms with Crippen LogP contribution in [0.3, 0.4) is 0 Å². The zero-order chi connectivity index (χ0) is 14.9. The van der Waals surface area contributed by atoms with Gasteiger partial charge in [-0.1, -0.05) is 29.5 Å². The predicted molar refractivity (Wildman–Crippen MR) is 81.2 cm³/mol. The number of hydrogen-bond acceptors (Lipinski definition) is 4. The van der Waals surface area contributed by atoms with Gasteiger partial charge in [-0.2, -0.15) is 0 Å². The summed E-state index contributed by atoms with van der Waals surface area (Å²) >= 11 is 0. The SMILES string of the molecule is O=C(c1ccc2ccccc2n1)N1CC(Cn2ccnn2)C1. The Balaban J connectivity index is 1.44. The highest BCUT2D eigenvalue weighted by Crippen LogP contribution is 2.20. The molecule has 6 heteroatoms. The first-order chi connectivity index (χ1) is 10.8. The number of fused-ring (bicyclic) bond motifs is 1. The van der Waals surface area contributed by atoms with Crippen molar-refractivity contribution in [1.82, 2.24) is 24.9 Å². The molecule has 1 fully saturated rings. The molecule has 0 unspecified atom stereocenters. The molecule has 0 bridgehead atoms. The molecule has 4 rings (SSSR count). The van der Waals surface area contributed by atoms with Gasteiger partial charge in [-0.3, -0.25) is 9.48 Å². The van der Waals surface area contributed by atoms with Gasteiger partial charge in [-0.15, -0.1) is 5.10 Å². The fraction of sp³-hybridized carbons (Fsp3) is 0.250. The van der Waals surface area contributed by atoms with Crippen molar-refractivity contribution in [3.05, 3.63) is 54.5 Å². The van der Waals surface area contributed by atoms with Crippen LogP contribution < -0.4 is 0 Å². The molecule has 2 aromatic heterocycles. The first-order valence-corrected chi connectivity index (χ1v) is 7.29. The Morgan fingerprint density at radius 3 is 2.86 bits per heavy atom. The van der Waals surface area contributed by atoms with Gasteiger partial charge in [0.25, 0.3) is 5.91 Å². The second kappa shape index (κ2) is 5.22. The average Bonchev–Trinajstić information content (AvgIpc) is 3.02. The van der Waals surface area contributed by atoms with E-state index in [0.717, 1.165) is 30.5 Å². The Morgan fingerprint density at radius 1 is 1.18 bits per heavy atom. The molecule has 22 heavy (non-hydrogen) atoms. The minimum absolute atomic E-state index is 0.000549. The lowest BCUT2D eigenvalue weighted by molar-refractivity contribution is 0.0455. The molecule has 0 aliphatic carbocycles. The number of carbonyl (C=O) groups is 1. The van der Waals surface area contributed by atoms with Crippen molar-refractivity contribution in [2.24, 2.45) is 5.92 Å². The van der Waals surface area contributed by atoms with Crippen LogP contribution in [0.25, 0.3) is 10.9 Å². The Bertz CT molecular complexity index is 808. The topological polar surface area (TPSA) is 63.9 Å². The Labute approximate surface area is 127 Å². The maximum Gasteiger partial charge on any atom is 0.272 e. The second-order valence-electron chi connectivity index (χ2n) is 5.59. The molecule has 0 saturated carbocycles. The van der Waals surface area contributed by atoms with Gasteiger partial charge in [0.15, 0.2) is 0 Å². The summed E-state index contributed by atoms with van der Waals surface area (Å²) in [7, 11) is 0. The minimum atomic E-state index is 0.000549. The van der Waals surface area contributed by atoms with Crippen molar-refractivity contribution in [1.29, 1.82) is 0 Å². The molecule has 0 radical (unpaired) electrons. The van der Waals surface area contributed by atoms with Gasteiger partial charge < -0.3 is 4.90 Å². The van der Waals surface area contributed by atoms with E-state index in [-0.39, 0.29) is 5.91 Å². The van der Waals surface area contributed by atoms with E-state index in [9.17, 15) is 4.79 Å². The van der Waals surface area contributed by atoms with Crippen molar-refractivity contribution >= 4 is 16.8 Å². The lowest BCUT2D eigenvalue weighted by Gasteiger charge is -2.38. The summed E-state index contributed by atoms with van der Waals surface area (Å²) in [5.41, 5.74) is 1.37. The number of nitrogens with zero attached hydrogens (tertiary/aromatic N) is 5. The standard InChI is InChI=1S/C16H15N5O/c22-16(15-6-5-13-3-1-2-4-14(13)18-15)20-9-12(10-20)11-21-8-7-17-19-21/h1-8,12H,9-11H2. The summed E-state index contributed by atoms with van der Waals surface area (Å²) in [5, 5.41) is 8.79. The molecular weight excluding hydrogens is 278 g/mol. The summed E-state index contributed by atoms with van der Waals surface area (Å²) in [6, 6.07) is 11.6. The van der Waals surface area contributed by atoms with E-state index < -0.39 is 0 Å². The number of rotatable bonds is 3. The number of carbonyl (C=O) groups excluding carboxylic acids is 1. The van der Waals surface area contributed by atoms with Crippen LogP contribution in [-0.2, 0) is 6.54 Å². The fourth-order valence-electron chi connectivity index (χ4n) is 2.79. The molecule has 3 heterocycles. The highest BCUT2D eigenvalue weighted by Gasteiger charge is 2.32. The van der Waals surface area contributed by atoms with Crippen LogP contribution in [0.4, 0.5) is 0 Å². The van der Waals surface area contributed by atoms with Crippen LogP contribution in [0.2, 0.25) is 0 Å². The molecular formula is C16H15N5O. The second-order valence-corrected chi connectivity index (χ2v) is 5.59. The predicted octanol–water partition coefficient (Wildman–Crippen LogP) is 1.60. The molecule has 1 aliphatic rings. The van der Waals surface area contributed by atoms with Crippen LogP contribution in [0, 0.1) is 5.92 Å². The van der Waals surface area contributed by atoms with E-state index >= 15 is 0 Å². The number of para-hydroxylation sites is 1. The van der Waals surface area contributed by atoms with Crippen molar-refractivity contribution in [3.63, 3.8) is 0 Å². The summed E-state index contributed by atoms with van der Waals surface area (Å²) in [6.45, 7) is 2.29. The minimum Gasteiger partial charge on any atom is -0.336 e. The van der Waals surface area contributed by atoms with Gasteiger partial charge in [-0.05, 0) is 12.1 Å². The molecule has 110 valence electrons. The van der Waals surface area contributed by atoms with Crippen molar-refractivity contribution in [2.75, 3.05) is 13.1 Å². The summed E-state index contributed by atoms with van der Waals surface area (Å²) < 4.78 is 1.81. The third-order valence-corrected chi connectivity index (χ3v) is 3.98. The smallest absolute Gasteiger partial charge is 0.272 e. The molecule has 0 atom stereocenters. The van der Waals surface area contributed by atoms with E-state index in [1.165, 1.54) is 0 Å². The zero-order valence-corrected chi connectivity index (χ0v) is 12.0. The molecule has 1 aromatic carbocycles. The number of hydrogen-bond donors (Lipinski definition) is 0. The maximum atomic E-state index is 12.4. The van der Waals surface area contributed by atoms with Crippen LogP contribution in [0.1, 0.15) is 10.5 Å². The number of pyridine rings is 1. The van der Waals surface area contributed by atoms with Gasteiger partial charge >= 0.3 is 0 Å². The third-order valence-electron chi connectivity index (χ3n) is 3.98.